The van der Waals surface area contributed by atoms with Gasteiger partial charge in [0.25, 0.3) is 0 Å². The van der Waals surface area contributed by atoms with Crippen LogP contribution in [0.1, 0.15) is 31.6 Å². The van der Waals surface area contributed by atoms with Gasteiger partial charge in [-0.1, -0.05) is 29.8 Å². The summed E-state index contributed by atoms with van der Waals surface area (Å²) in [4.78, 5) is 15.9. The number of aromatic nitrogens is 2. The van der Waals surface area contributed by atoms with Crippen molar-refractivity contribution in [3.05, 3.63) is 65.5 Å². The third-order valence-corrected chi connectivity index (χ3v) is 6.07. The minimum atomic E-state index is 0.160. The average Bonchev–Trinajstić information content (AvgIpc) is 3.48. The molecule has 0 atom stereocenters. The first-order valence-corrected chi connectivity index (χ1v) is 11.1. The summed E-state index contributed by atoms with van der Waals surface area (Å²) < 4.78 is 5.79. The Bertz CT molecular complexity index is 942. The lowest BCUT2D eigenvalue weighted by molar-refractivity contribution is -0.132. The molecular formula is C22H22ClN3O2S. The van der Waals surface area contributed by atoms with Crippen LogP contribution in [0.15, 0.2) is 63.9 Å². The summed E-state index contributed by atoms with van der Waals surface area (Å²) in [6.45, 7) is 0.371. The van der Waals surface area contributed by atoms with Crippen molar-refractivity contribution in [1.29, 1.82) is 0 Å². The molecule has 5 nitrogen and oxygen atoms in total. The molecule has 1 fully saturated rings. The van der Waals surface area contributed by atoms with Crippen molar-refractivity contribution in [3.8, 4) is 11.5 Å². The van der Waals surface area contributed by atoms with Crippen LogP contribution in [0.25, 0.3) is 11.5 Å². The molecule has 0 radical (unpaired) electrons. The Hall–Kier alpha value is -2.31. The molecule has 0 N–H and O–H groups in total. The first kappa shape index (κ1) is 20.0. The topological polar surface area (TPSA) is 59.2 Å². The Morgan fingerprint density at radius 3 is 2.59 bits per heavy atom. The van der Waals surface area contributed by atoms with E-state index in [0.717, 1.165) is 30.6 Å². The summed E-state index contributed by atoms with van der Waals surface area (Å²) in [5, 5.41) is 8.91. The SMILES string of the molecule is O=C(CCCSc1ccccc1)N(Cc1nnc(-c2ccc(Cl)cc2)o1)C1CC1. The number of halogens is 1. The van der Waals surface area contributed by atoms with Gasteiger partial charge >= 0.3 is 0 Å². The molecule has 1 aliphatic rings. The molecule has 0 bridgehead atoms. The Balaban J connectivity index is 1.31. The van der Waals surface area contributed by atoms with Gasteiger partial charge in [0.05, 0.1) is 6.54 Å². The summed E-state index contributed by atoms with van der Waals surface area (Å²) in [6.07, 6.45) is 3.47. The molecule has 1 saturated carbocycles. The van der Waals surface area contributed by atoms with E-state index >= 15 is 0 Å². The smallest absolute Gasteiger partial charge is 0.247 e. The van der Waals surface area contributed by atoms with E-state index < -0.39 is 0 Å². The molecule has 2 aromatic carbocycles. The molecule has 0 saturated heterocycles. The van der Waals surface area contributed by atoms with Crippen molar-refractivity contribution in [2.45, 2.75) is 43.2 Å². The Kier molecular flexibility index (Phi) is 6.52. The summed E-state index contributed by atoms with van der Waals surface area (Å²) >= 11 is 7.71. The second-order valence-electron chi connectivity index (χ2n) is 7.03. The van der Waals surface area contributed by atoms with Crippen LogP contribution < -0.4 is 0 Å². The van der Waals surface area contributed by atoms with Crippen LogP contribution in [0.5, 0.6) is 0 Å². The van der Waals surface area contributed by atoms with Crippen LogP contribution in [-0.2, 0) is 11.3 Å². The van der Waals surface area contributed by atoms with E-state index in [-0.39, 0.29) is 5.91 Å². The van der Waals surface area contributed by atoms with Crippen molar-refractivity contribution in [1.82, 2.24) is 15.1 Å². The number of carbonyl (C=O) groups is 1. The first-order chi connectivity index (χ1) is 14.2. The van der Waals surface area contributed by atoms with E-state index in [1.165, 1.54) is 4.90 Å². The average molecular weight is 428 g/mol. The number of amides is 1. The first-order valence-electron chi connectivity index (χ1n) is 9.75. The maximum atomic E-state index is 12.8. The fourth-order valence-electron chi connectivity index (χ4n) is 3.05. The van der Waals surface area contributed by atoms with Gasteiger partial charge in [-0.15, -0.1) is 22.0 Å². The molecule has 0 spiro atoms. The number of carbonyl (C=O) groups excluding carboxylic acids is 1. The highest BCUT2D eigenvalue weighted by Crippen LogP contribution is 2.30. The Morgan fingerprint density at radius 1 is 1.10 bits per heavy atom. The monoisotopic (exact) mass is 427 g/mol. The fraction of sp³-hybridized carbons (Fsp3) is 0.318. The van der Waals surface area contributed by atoms with Gasteiger partial charge in [0.2, 0.25) is 17.7 Å². The zero-order chi connectivity index (χ0) is 20.1. The van der Waals surface area contributed by atoms with Gasteiger partial charge in [-0.05, 0) is 61.4 Å². The zero-order valence-corrected chi connectivity index (χ0v) is 17.5. The molecule has 1 aliphatic carbocycles. The van der Waals surface area contributed by atoms with Crippen LogP contribution in [0.2, 0.25) is 5.02 Å². The van der Waals surface area contributed by atoms with Crippen molar-refractivity contribution < 1.29 is 9.21 Å². The normalized spacial score (nSPS) is 13.4. The lowest BCUT2D eigenvalue weighted by Crippen LogP contribution is -2.32. The molecule has 0 unspecified atom stereocenters. The molecule has 3 aromatic rings. The van der Waals surface area contributed by atoms with E-state index in [1.807, 2.05) is 35.2 Å². The molecule has 150 valence electrons. The second-order valence-corrected chi connectivity index (χ2v) is 8.63. The lowest BCUT2D eigenvalue weighted by Gasteiger charge is -2.20. The fourth-order valence-corrected chi connectivity index (χ4v) is 4.05. The summed E-state index contributed by atoms with van der Waals surface area (Å²) in [6, 6.07) is 17.8. The molecule has 1 heterocycles. The predicted octanol–water partition coefficient (Wildman–Crippen LogP) is 5.45. The quantitative estimate of drug-likeness (QED) is 0.335. The number of thioether (sulfide) groups is 1. The van der Waals surface area contributed by atoms with E-state index in [0.29, 0.717) is 35.8 Å². The predicted molar refractivity (Wildman–Crippen MR) is 115 cm³/mol. The summed E-state index contributed by atoms with van der Waals surface area (Å²) in [7, 11) is 0. The molecule has 4 rings (SSSR count). The molecular weight excluding hydrogens is 406 g/mol. The number of hydrogen-bond acceptors (Lipinski definition) is 5. The standard InChI is InChI=1S/C22H22ClN3O2S/c23-17-10-8-16(9-11-17)22-25-24-20(28-22)15-26(18-12-13-18)21(27)7-4-14-29-19-5-2-1-3-6-19/h1-3,5-6,8-11,18H,4,7,12-15H2. The van der Waals surface area contributed by atoms with Crippen LogP contribution >= 0.6 is 23.4 Å². The highest BCUT2D eigenvalue weighted by atomic mass is 35.5. The van der Waals surface area contributed by atoms with Crippen LogP contribution in [0.3, 0.4) is 0 Å². The third kappa shape index (κ3) is 5.61. The largest absolute Gasteiger partial charge is 0.419 e. The Labute approximate surface area is 179 Å². The summed E-state index contributed by atoms with van der Waals surface area (Å²) in [5.41, 5.74) is 0.815. The number of hydrogen-bond donors (Lipinski definition) is 0. The highest BCUT2D eigenvalue weighted by Gasteiger charge is 2.33. The molecule has 1 amide bonds. The van der Waals surface area contributed by atoms with E-state index in [9.17, 15) is 4.79 Å². The van der Waals surface area contributed by atoms with Crippen molar-refractivity contribution in [3.63, 3.8) is 0 Å². The van der Waals surface area contributed by atoms with E-state index in [2.05, 4.69) is 22.3 Å². The van der Waals surface area contributed by atoms with Gasteiger partial charge < -0.3 is 9.32 Å². The maximum absolute atomic E-state index is 12.8. The van der Waals surface area contributed by atoms with Crippen LogP contribution in [-0.4, -0.2) is 32.8 Å². The van der Waals surface area contributed by atoms with Crippen molar-refractivity contribution in [2.75, 3.05) is 5.75 Å². The highest BCUT2D eigenvalue weighted by molar-refractivity contribution is 7.99. The van der Waals surface area contributed by atoms with E-state index in [4.69, 9.17) is 16.0 Å². The molecule has 7 heteroatoms. The Morgan fingerprint density at radius 2 is 1.86 bits per heavy atom. The van der Waals surface area contributed by atoms with Crippen molar-refractivity contribution in [2.24, 2.45) is 0 Å². The molecule has 29 heavy (non-hydrogen) atoms. The number of nitrogens with zero attached hydrogens (tertiary/aromatic N) is 3. The maximum Gasteiger partial charge on any atom is 0.247 e. The summed E-state index contributed by atoms with van der Waals surface area (Å²) in [5.74, 6) is 2.00. The minimum Gasteiger partial charge on any atom is -0.419 e. The number of rotatable bonds is 9. The van der Waals surface area contributed by atoms with Gasteiger partial charge in [-0.3, -0.25) is 4.79 Å². The van der Waals surface area contributed by atoms with Crippen molar-refractivity contribution >= 4 is 29.3 Å². The van der Waals surface area contributed by atoms with Gasteiger partial charge in [-0.2, -0.15) is 0 Å². The van der Waals surface area contributed by atoms with E-state index in [1.54, 1.807) is 23.9 Å². The minimum absolute atomic E-state index is 0.160. The van der Waals surface area contributed by atoms with Crippen LogP contribution in [0.4, 0.5) is 0 Å². The number of benzene rings is 2. The van der Waals surface area contributed by atoms with Gasteiger partial charge in [0.1, 0.15) is 0 Å². The molecule has 0 aliphatic heterocycles. The second kappa shape index (κ2) is 9.46. The van der Waals surface area contributed by atoms with Gasteiger partial charge in [0.15, 0.2) is 0 Å². The van der Waals surface area contributed by atoms with Gasteiger partial charge in [0, 0.05) is 27.9 Å². The molecule has 1 aromatic heterocycles. The zero-order valence-electron chi connectivity index (χ0n) is 16.0. The van der Waals surface area contributed by atoms with Gasteiger partial charge in [-0.25, -0.2) is 0 Å². The van der Waals surface area contributed by atoms with Crippen LogP contribution in [0, 0.1) is 0 Å². The lowest BCUT2D eigenvalue weighted by atomic mass is 10.2. The third-order valence-electron chi connectivity index (χ3n) is 4.72.